The van der Waals surface area contributed by atoms with Gasteiger partial charge in [0.15, 0.2) is 17.0 Å². The van der Waals surface area contributed by atoms with Crippen molar-refractivity contribution in [1.82, 2.24) is 10.9 Å². The predicted molar refractivity (Wildman–Crippen MR) is 162 cm³/mol. The maximum atomic E-state index is 13.9. The van der Waals surface area contributed by atoms with E-state index < -0.39 is 11.6 Å². The van der Waals surface area contributed by atoms with Crippen molar-refractivity contribution < 1.29 is 33.6 Å². The topological polar surface area (TPSA) is 120 Å². The average molecular weight is 643 g/mol. The summed E-state index contributed by atoms with van der Waals surface area (Å²) in [5.41, 5.74) is 7.12. The molecule has 0 radical (unpaired) electrons. The molecule has 4 rings (SSSR count). The van der Waals surface area contributed by atoms with Gasteiger partial charge in [0.1, 0.15) is 11.9 Å². The highest BCUT2D eigenvalue weighted by Gasteiger charge is 2.50. The number of carbonyl (C=O) groups is 1. The Morgan fingerprint density at radius 2 is 1.67 bits per heavy atom. The van der Waals surface area contributed by atoms with E-state index in [1.165, 1.54) is 0 Å². The number of hydrogen-bond donors (Lipinski definition) is 3. The molecule has 1 amide bonds. The van der Waals surface area contributed by atoms with Gasteiger partial charge in [0.25, 0.3) is 5.91 Å². The number of aliphatic hydroxyl groups is 1. The lowest BCUT2D eigenvalue weighted by Gasteiger charge is -2.28. The molecule has 0 fully saturated rings. The second-order valence-electron chi connectivity index (χ2n) is 9.70. The van der Waals surface area contributed by atoms with Crippen LogP contribution in [0, 0.1) is 0 Å². The minimum absolute atomic E-state index is 0.0699. The Morgan fingerprint density at radius 3 is 2.26 bits per heavy atom. The number of hydrazine groups is 1. The Labute approximate surface area is 254 Å². The van der Waals surface area contributed by atoms with Crippen LogP contribution < -0.4 is 29.8 Å². The summed E-state index contributed by atoms with van der Waals surface area (Å²) >= 11 is 3.47. The number of aliphatic hydroxyl groups excluding tert-OH is 1. The zero-order valence-electron chi connectivity index (χ0n) is 24.1. The molecule has 3 aromatic rings. The Balaban J connectivity index is 1.56. The standard InChI is InChI=1S/C31H36BrN3O7/c1-20-31(18-21-6-10-24(32)11-7-21,34-29(42-20)23-8-12-25(13-9-23)41-15-5-14-36)30(37)35-33-19-22-16-26(38-2)28(40-4)27(17-22)39-3/h6-13,16-17,20,33,36H,5,14-15,18-19H2,1-4H3,(H,35,37)/t20-,31-/m0/s1. The molecule has 1 aliphatic rings. The minimum atomic E-state index is -1.23. The molecule has 42 heavy (non-hydrogen) atoms. The molecule has 0 bridgehead atoms. The van der Waals surface area contributed by atoms with E-state index in [2.05, 4.69) is 26.8 Å². The number of aliphatic imine (C=N–C) groups is 1. The van der Waals surface area contributed by atoms with Gasteiger partial charge in [0.2, 0.25) is 11.6 Å². The Kier molecular flexibility index (Phi) is 10.7. The molecule has 10 nitrogen and oxygen atoms in total. The number of ether oxygens (including phenoxy) is 5. The Hall–Kier alpha value is -3.80. The first-order valence-corrected chi connectivity index (χ1v) is 14.3. The normalized spacial score (nSPS) is 17.7. The molecule has 3 aromatic carbocycles. The van der Waals surface area contributed by atoms with E-state index in [1.54, 1.807) is 21.3 Å². The molecule has 1 aliphatic heterocycles. The van der Waals surface area contributed by atoms with Crippen molar-refractivity contribution in [3.05, 3.63) is 81.8 Å². The maximum Gasteiger partial charge on any atom is 0.266 e. The first-order chi connectivity index (χ1) is 20.3. The van der Waals surface area contributed by atoms with Gasteiger partial charge in [-0.15, -0.1) is 0 Å². The summed E-state index contributed by atoms with van der Waals surface area (Å²) in [6.07, 6.45) is 0.320. The van der Waals surface area contributed by atoms with Crippen LogP contribution in [0.2, 0.25) is 0 Å². The van der Waals surface area contributed by atoms with Gasteiger partial charge < -0.3 is 28.8 Å². The fourth-order valence-electron chi connectivity index (χ4n) is 4.63. The third kappa shape index (κ3) is 7.15. The van der Waals surface area contributed by atoms with Crippen LogP contribution in [0.3, 0.4) is 0 Å². The fraction of sp³-hybridized carbons (Fsp3) is 0.355. The van der Waals surface area contributed by atoms with Gasteiger partial charge in [-0.3, -0.25) is 10.2 Å². The van der Waals surface area contributed by atoms with Gasteiger partial charge in [-0.1, -0.05) is 28.1 Å². The summed E-state index contributed by atoms with van der Waals surface area (Å²) in [6, 6.07) is 18.7. The first kappa shape index (κ1) is 31.1. The lowest BCUT2D eigenvalue weighted by atomic mass is 9.86. The lowest BCUT2D eigenvalue weighted by Crippen LogP contribution is -2.55. The minimum Gasteiger partial charge on any atom is -0.494 e. The molecule has 1 heterocycles. The van der Waals surface area contributed by atoms with Gasteiger partial charge >= 0.3 is 0 Å². The monoisotopic (exact) mass is 641 g/mol. The van der Waals surface area contributed by atoms with Crippen molar-refractivity contribution >= 4 is 27.7 Å². The van der Waals surface area contributed by atoms with E-state index in [1.807, 2.05) is 67.6 Å². The summed E-state index contributed by atoms with van der Waals surface area (Å²) in [5, 5.41) is 8.98. The largest absolute Gasteiger partial charge is 0.494 e. The SMILES string of the molecule is COc1cc(CNNC(=O)[C@@]2(Cc3ccc(Br)cc3)N=C(c3ccc(OCCCO)cc3)O[C@H]2C)cc(OC)c1OC. The number of amides is 1. The number of nitrogens with zero attached hydrogens (tertiary/aromatic N) is 1. The maximum absolute atomic E-state index is 13.9. The van der Waals surface area contributed by atoms with Crippen molar-refractivity contribution in [3.8, 4) is 23.0 Å². The Morgan fingerprint density at radius 1 is 1.00 bits per heavy atom. The zero-order chi connectivity index (χ0) is 30.1. The van der Waals surface area contributed by atoms with Crippen molar-refractivity contribution in [2.24, 2.45) is 4.99 Å². The van der Waals surface area contributed by atoms with Crippen LogP contribution >= 0.6 is 15.9 Å². The van der Waals surface area contributed by atoms with Gasteiger partial charge in [0, 0.05) is 36.0 Å². The summed E-state index contributed by atoms with van der Waals surface area (Å²) in [6.45, 7) is 2.63. The number of halogens is 1. The van der Waals surface area contributed by atoms with Crippen LogP contribution in [0.4, 0.5) is 0 Å². The predicted octanol–water partition coefficient (Wildman–Crippen LogP) is 4.20. The molecule has 0 unspecified atom stereocenters. The van der Waals surface area contributed by atoms with Crippen molar-refractivity contribution in [2.75, 3.05) is 34.5 Å². The highest BCUT2D eigenvalue weighted by Crippen LogP contribution is 2.38. The van der Waals surface area contributed by atoms with E-state index in [0.717, 1.165) is 21.2 Å². The third-order valence-electron chi connectivity index (χ3n) is 6.93. The molecule has 0 saturated heterocycles. The molecular weight excluding hydrogens is 606 g/mol. The number of carbonyl (C=O) groups excluding carboxylic acids is 1. The number of nitrogens with one attached hydrogen (secondary N) is 2. The smallest absolute Gasteiger partial charge is 0.266 e. The average Bonchev–Trinajstić information content (AvgIpc) is 3.34. The zero-order valence-corrected chi connectivity index (χ0v) is 25.7. The molecule has 0 spiro atoms. The molecule has 0 saturated carbocycles. The van der Waals surface area contributed by atoms with E-state index in [9.17, 15) is 4.79 Å². The summed E-state index contributed by atoms with van der Waals surface area (Å²) in [5.74, 6) is 2.25. The molecule has 11 heteroatoms. The molecule has 2 atom stereocenters. The molecule has 0 aliphatic carbocycles. The van der Waals surface area contributed by atoms with E-state index in [0.29, 0.717) is 54.9 Å². The molecule has 0 aromatic heterocycles. The van der Waals surface area contributed by atoms with Crippen LogP contribution in [0.1, 0.15) is 30.0 Å². The van der Waals surface area contributed by atoms with Crippen LogP contribution in [-0.2, 0) is 22.5 Å². The van der Waals surface area contributed by atoms with Crippen LogP contribution in [0.25, 0.3) is 0 Å². The number of hydrogen-bond acceptors (Lipinski definition) is 9. The highest BCUT2D eigenvalue weighted by atomic mass is 79.9. The number of benzene rings is 3. The molecular formula is C31H36BrN3O7. The molecule has 3 N–H and O–H groups in total. The van der Waals surface area contributed by atoms with E-state index in [-0.39, 0.29) is 12.5 Å². The number of methoxy groups -OCH3 is 3. The van der Waals surface area contributed by atoms with Crippen molar-refractivity contribution in [2.45, 2.75) is 38.0 Å². The van der Waals surface area contributed by atoms with E-state index >= 15 is 0 Å². The summed E-state index contributed by atoms with van der Waals surface area (Å²) in [4.78, 5) is 18.8. The van der Waals surface area contributed by atoms with Crippen LogP contribution in [0.15, 0.2) is 70.1 Å². The van der Waals surface area contributed by atoms with Crippen molar-refractivity contribution in [3.63, 3.8) is 0 Å². The fourth-order valence-corrected chi connectivity index (χ4v) is 4.89. The summed E-state index contributed by atoms with van der Waals surface area (Å²) < 4.78 is 29.1. The van der Waals surface area contributed by atoms with Gasteiger partial charge in [-0.25, -0.2) is 10.4 Å². The van der Waals surface area contributed by atoms with Gasteiger partial charge in [0.05, 0.1) is 27.9 Å². The quantitative estimate of drug-likeness (QED) is 0.177. The van der Waals surface area contributed by atoms with E-state index in [4.69, 9.17) is 33.8 Å². The van der Waals surface area contributed by atoms with Crippen molar-refractivity contribution in [1.29, 1.82) is 0 Å². The summed E-state index contributed by atoms with van der Waals surface area (Å²) in [7, 11) is 4.65. The second-order valence-corrected chi connectivity index (χ2v) is 10.6. The van der Waals surface area contributed by atoms with Gasteiger partial charge in [-0.05, 0) is 66.6 Å². The van der Waals surface area contributed by atoms with Crippen LogP contribution in [-0.4, -0.2) is 63.1 Å². The second kappa shape index (κ2) is 14.4. The highest BCUT2D eigenvalue weighted by molar-refractivity contribution is 9.10. The number of rotatable bonds is 14. The van der Waals surface area contributed by atoms with Gasteiger partial charge in [-0.2, -0.15) is 0 Å². The van der Waals surface area contributed by atoms with Crippen LogP contribution in [0.5, 0.6) is 23.0 Å². The lowest BCUT2D eigenvalue weighted by molar-refractivity contribution is -0.129. The first-order valence-electron chi connectivity index (χ1n) is 13.5. The Bertz CT molecular complexity index is 1360. The third-order valence-corrected chi connectivity index (χ3v) is 7.46. The molecule has 224 valence electrons.